The first kappa shape index (κ1) is 21.7. The van der Waals surface area contributed by atoms with E-state index in [1.807, 2.05) is 18.2 Å². The molecule has 7 nitrogen and oxygen atoms in total. The summed E-state index contributed by atoms with van der Waals surface area (Å²) < 4.78 is 2.21. The number of nitrogens with one attached hydrogen (secondary N) is 2. The maximum Gasteiger partial charge on any atom is 0.321 e. The highest BCUT2D eigenvalue weighted by Gasteiger charge is 2.34. The molecule has 0 bridgehead atoms. The number of nitrogens with zero attached hydrogens (tertiary/aromatic N) is 1. The number of rotatable bonds is 2. The highest BCUT2D eigenvalue weighted by molar-refractivity contribution is 6.08. The van der Waals surface area contributed by atoms with Crippen LogP contribution < -0.4 is 5.32 Å². The number of carbonyl (C=O) groups is 2. The van der Waals surface area contributed by atoms with Crippen LogP contribution in [0.3, 0.4) is 0 Å². The third-order valence-corrected chi connectivity index (χ3v) is 6.48. The molecular formula is C27H25N3O4. The van der Waals surface area contributed by atoms with Gasteiger partial charge in [0.05, 0.1) is 6.04 Å². The molecule has 172 valence electrons. The Kier molecular flexibility index (Phi) is 5.34. The van der Waals surface area contributed by atoms with Crippen LogP contribution >= 0.6 is 0 Å². The van der Waals surface area contributed by atoms with Crippen LogP contribution in [0.4, 0.5) is 0 Å². The minimum atomic E-state index is -0.833. The first-order chi connectivity index (χ1) is 16.3. The zero-order valence-electron chi connectivity index (χ0n) is 18.9. The standard InChI is InChI=1S/C25H21N3O2.C2H4O2/c1-28-21-9-5-3-7-16(21)17-12-14(10-11-22(17)28)23-24-18(13-20(27-23)25(29)30)15-6-2-4-8-19(15)26-24;1-2(3)4/h2-12,20,23,26-27H,13H2,1H3,(H,29,30);1H3,(H,3,4). The maximum absolute atomic E-state index is 11.9. The topological polar surface area (TPSA) is 107 Å². The van der Waals surface area contributed by atoms with Crippen LogP contribution in [0.15, 0.2) is 66.7 Å². The van der Waals surface area contributed by atoms with Crippen LogP contribution in [0.5, 0.6) is 0 Å². The van der Waals surface area contributed by atoms with E-state index in [1.165, 1.54) is 21.8 Å². The van der Waals surface area contributed by atoms with E-state index in [-0.39, 0.29) is 6.04 Å². The monoisotopic (exact) mass is 455 g/mol. The van der Waals surface area contributed by atoms with Crippen LogP contribution in [-0.2, 0) is 23.1 Å². The van der Waals surface area contributed by atoms with Crippen molar-refractivity contribution in [1.82, 2.24) is 14.9 Å². The molecule has 6 rings (SSSR count). The highest BCUT2D eigenvalue weighted by atomic mass is 16.4. The Balaban J connectivity index is 0.000000560. The number of carboxylic acids is 2. The van der Waals surface area contributed by atoms with Crippen LogP contribution in [0.2, 0.25) is 0 Å². The lowest BCUT2D eigenvalue weighted by molar-refractivity contribution is -0.140. The molecule has 0 saturated carbocycles. The Labute approximate surface area is 195 Å². The van der Waals surface area contributed by atoms with Crippen LogP contribution in [-0.4, -0.2) is 37.7 Å². The summed E-state index contributed by atoms with van der Waals surface area (Å²) in [7, 11) is 2.08. The van der Waals surface area contributed by atoms with Gasteiger partial charge in [0, 0.05) is 58.8 Å². The molecule has 0 aliphatic carbocycles. The average Bonchev–Trinajstić information content (AvgIpc) is 3.34. The number of hydrogen-bond acceptors (Lipinski definition) is 3. The van der Waals surface area contributed by atoms with Crippen molar-refractivity contribution >= 4 is 44.6 Å². The van der Waals surface area contributed by atoms with Crippen molar-refractivity contribution in [3.05, 3.63) is 83.6 Å². The van der Waals surface area contributed by atoms with E-state index >= 15 is 0 Å². The number of aromatic amines is 1. The van der Waals surface area contributed by atoms with Crippen LogP contribution in [0.25, 0.3) is 32.7 Å². The SMILES string of the molecule is CC(=O)O.Cn1c2ccccc2c2cc(C3NC(C(=O)O)Cc4c3[nH]c3ccccc43)ccc21. The van der Waals surface area contributed by atoms with Gasteiger partial charge in [-0.1, -0.05) is 42.5 Å². The fraction of sp³-hybridized carbons (Fsp3) is 0.185. The van der Waals surface area contributed by atoms with Crippen molar-refractivity contribution in [2.45, 2.75) is 25.4 Å². The summed E-state index contributed by atoms with van der Waals surface area (Å²) in [5.41, 5.74) is 6.63. The molecule has 5 aromatic rings. The second kappa shape index (κ2) is 8.35. The van der Waals surface area contributed by atoms with Gasteiger partial charge < -0.3 is 19.8 Å². The summed E-state index contributed by atoms with van der Waals surface area (Å²) in [4.78, 5) is 24.5. The van der Waals surface area contributed by atoms with Gasteiger partial charge in [0.25, 0.3) is 5.97 Å². The van der Waals surface area contributed by atoms with Gasteiger partial charge >= 0.3 is 5.97 Å². The predicted octanol–water partition coefficient (Wildman–Crippen LogP) is 4.59. The fourth-order valence-electron chi connectivity index (χ4n) is 5.02. The van der Waals surface area contributed by atoms with E-state index < -0.39 is 18.0 Å². The molecule has 0 fully saturated rings. The summed E-state index contributed by atoms with van der Waals surface area (Å²) in [6.45, 7) is 1.08. The number of aliphatic carboxylic acids is 2. The van der Waals surface area contributed by atoms with E-state index in [9.17, 15) is 9.90 Å². The minimum Gasteiger partial charge on any atom is -0.481 e. The maximum atomic E-state index is 11.9. The normalized spacial score (nSPS) is 17.4. The van der Waals surface area contributed by atoms with Crippen LogP contribution in [0, 0.1) is 0 Å². The molecule has 0 radical (unpaired) electrons. The second-order valence-electron chi connectivity index (χ2n) is 8.63. The number of hydrogen-bond donors (Lipinski definition) is 4. The molecule has 2 unspecified atom stereocenters. The Morgan fingerprint density at radius 2 is 1.56 bits per heavy atom. The van der Waals surface area contributed by atoms with Crippen molar-refractivity contribution in [2.24, 2.45) is 7.05 Å². The second-order valence-corrected chi connectivity index (χ2v) is 8.63. The summed E-state index contributed by atoms with van der Waals surface area (Å²) in [6, 6.07) is 22.1. The number of para-hydroxylation sites is 2. The molecule has 0 spiro atoms. The molecule has 0 saturated heterocycles. The first-order valence-corrected chi connectivity index (χ1v) is 11.1. The number of fused-ring (bicyclic) bond motifs is 6. The van der Waals surface area contributed by atoms with E-state index in [0.717, 1.165) is 34.6 Å². The summed E-state index contributed by atoms with van der Waals surface area (Å²) >= 11 is 0. The van der Waals surface area contributed by atoms with E-state index in [0.29, 0.717) is 6.42 Å². The molecule has 2 atom stereocenters. The Morgan fingerprint density at radius 1 is 0.912 bits per heavy atom. The summed E-state index contributed by atoms with van der Waals surface area (Å²) in [5, 5.41) is 24.1. The van der Waals surface area contributed by atoms with Crippen molar-refractivity contribution < 1.29 is 19.8 Å². The van der Waals surface area contributed by atoms with Gasteiger partial charge in [-0.25, -0.2) is 0 Å². The smallest absolute Gasteiger partial charge is 0.321 e. The van der Waals surface area contributed by atoms with Crippen molar-refractivity contribution in [2.75, 3.05) is 0 Å². The Hall–Kier alpha value is -4.10. The Bertz CT molecular complexity index is 1560. The minimum absolute atomic E-state index is 0.203. The quantitative estimate of drug-likeness (QED) is 0.311. The van der Waals surface area contributed by atoms with Gasteiger partial charge in [-0.05, 0) is 35.4 Å². The molecule has 0 amide bonds. The van der Waals surface area contributed by atoms with Crippen molar-refractivity contribution in [1.29, 1.82) is 0 Å². The molecule has 4 N–H and O–H groups in total. The predicted molar refractivity (Wildman–Crippen MR) is 132 cm³/mol. The fourth-order valence-corrected chi connectivity index (χ4v) is 5.02. The van der Waals surface area contributed by atoms with Crippen molar-refractivity contribution in [3.8, 4) is 0 Å². The zero-order chi connectivity index (χ0) is 24.0. The lowest BCUT2D eigenvalue weighted by atomic mass is 9.90. The summed E-state index contributed by atoms with van der Waals surface area (Å²) in [5.74, 6) is -1.65. The molecule has 1 aliphatic heterocycles. The third-order valence-electron chi connectivity index (χ3n) is 6.48. The lowest BCUT2D eigenvalue weighted by Gasteiger charge is -2.29. The number of H-pyrrole nitrogens is 1. The first-order valence-electron chi connectivity index (χ1n) is 11.1. The number of benzene rings is 3. The third kappa shape index (κ3) is 3.60. The molecule has 1 aliphatic rings. The number of carboxylic acid groups (broad SMARTS) is 2. The van der Waals surface area contributed by atoms with E-state index in [4.69, 9.17) is 9.90 Å². The molecule has 3 aromatic carbocycles. The van der Waals surface area contributed by atoms with Gasteiger partial charge in [0.1, 0.15) is 6.04 Å². The highest BCUT2D eigenvalue weighted by Crippen LogP contribution is 2.37. The lowest BCUT2D eigenvalue weighted by Crippen LogP contribution is -2.44. The van der Waals surface area contributed by atoms with Gasteiger partial charge in [-0.15, -0.1) is 0 Å². The number of aromatic nitrogens is 2. The average molecular weight is 456 g/mol. The molecule has 34 heavy (non-hydrogen) atoms. The molecule has 3 heterocycles. The van der Waals surface area contributed by atoms with Gasteiger partial charge in [-0.2, -0.15) is 0 Å². The molecule has 7 heteroatoms. The van der Waals surface area contributed by atoms with E-state index in [2.05, 4.69) is 70.4 Å². The van der Waals surface area contributed by atoms with Gasteiger partial charge in [0.15, 0.2) is 0 Å². The van der Waals surface area contributed by atoms with Crippen molar-refractivity contribution in [3.63, 3.8) is 0 Å². The molecule has 2 aromatic heterocycles. The number of aryl methyl sites for hydroxylation is 1. The van der Waals surface area contributed by atoms with Gasteiger partial charge in [0.2, 0.25) is 0 Å². The largest absolute Gasteiger partial charge is 0.481 e. The summed E-state index contributed by atoms with van der Waals surface area (Å²) in [6.07, 6.45) is 0.474. The zero-order valence-corrected chi connectivity index (χ0v) is 18.9. The van der Waals surface area contributed by atoms with Crippen LogP contribution in [0.1, 0.15) is 29.8 Å². The van der Waals surface area contributed by atoms with E-state index in [1.54, 1.807) is 0 Å². The molecular weight excluding hydrogens is 430 g/mol. The Morgan fingerprint density at radius 3 is 2.29 bits per heavy atom. The van der Waals surface area contributed by atoms with Gasteiger partial charge in [-0.3, -0.25) is 14.9 Å².